The Labute approximate surface area is 619 Å². The van der Waals surface area contributed by atoms with Crippen LogP contribution >= 0.6 is 0 Å². The molecule has 0 fully saturated rings. The summed E-state index contributed by atoms with van der Waals surface area (Å²) in [5.41, 5.74) is 28.6. The first-order chi connectivity index (χ1) is 52.6. The average Bonchev–Trinajstić information content (AvgIpc) is 1.58. The summed E-state index contributed by atoms with van der Waals surface area (Å²) in [6.45, 7) is 0. The first-order valence-electron chi connectivity index (χ1n) is 36.1. The van der Waals surface area contributed by atoms with Gasteiger partial charge in [-0.3, -0.25) is 0 Å². The van der Waals surface area contributed by atoms with Crippen LogP contribution in [0.4, 0.5) is 68.2 Å². The van der Waals surface area contributed by atoms with Gasteiger partial charge in [0.2, 0.25) is 0 Å². The van der Waals surface area contributed by atoms with Gasteiger partial charge in [-0.05, 0) is 228 Å². The van der Waals surface area contributed by atoms with Gasteiger partial charge >= 0.3 is 0 Å². The molecule has 0 aliphatic rings. The lowest BCUT2D eigenvalue weighted by Gasteiger charge is -2.28. The third-order valence-corrected chi connectivity index (χ3v) is 20.0. The van der Waals surface area contributed by atoms with E-state index in [-0.39, 0.29) is 0 Å². The number of nitrogens with zero attached hydrogens (tertiary/aromatic N) is 6. The fourth-order valence-electron chi connectivity index (χ4n) is 15.3. The molecule has 0 radical (unpaired) electrons. The number of aromatic nitrogens is 2. The lowest BCUT2D eigenvalue weighted by Crippen LogP contribution is -2.12. The molecule has 6 heteroatoms. The molecule has 0 amide bonds. The fraction of sp³-hybridized carbons (Fsp3) is 0. The number of para-hydroxylation sites is 6. The second-order valence-electron chi connectivity index (χ2n) is 26.5. The molecule has 18 rings (SSSR count). The maximum Gasteiger partial charge on any atom is 0.0619 e. The van der Waals surface area contributed by atoms with E-state index in [1.54, 1.807) is 0 Å². The molecule has 0 saturated carbocycles. The molecule has 106 heavy (non-hydrogen) atoms. The van der Waals surface area contributed by atoms with E-state index in [1.165, 1.54) is 11.1 Å². The van der Waals surface area contributed by atoms with E-state index in [1.807, 2.05) is 0 Å². The van der Waals surface area contributed by atoms with Crippen molar-refractivity contribution in [3.05, 3.63) is 437 Å². The van der Waals surface area contributed by atoms with Gasteiger partial charge in [-0.2, -0.15) is 0 Å². The smallest absolute Gasteiger partial charge is 0.0619 e. The van der Waals surface area contributed by atoms with Crippen molar-refractivity contribution in [1.82, 2.24) is 9.13 Å². The minimum atomic E-state index is 1.04. The molecule has 16 aromatic carbocycles. The maximum atomic E-state index is 2.47. The van der Waals surface area contributed by atoms with E-state index in [2.05, 4.69) is 466 Å². The zero-order valence-electron chi connectivity index (χ0n) is 58.3. The van der Waals surface area contributed by atoms with Crippen LogP contribution in [0.1, 0.15) is 0 Å². The number of hydrogen-bond donors (Lipinski definition) is 0. The summed E-state index contributed by atoms with van der Waals surface area (Å²) in [5.74, 6) is 0. The number of anilines is 12. The Bertz CT molecular complexity index is 5530. The van der Waals surface area contributed by atoms with Crippen LogP contribution in [0.25, 0.3) is 89.1 Å². The second-order valence-corrected chi connectivity index (χ2v) is 26.5. The summed E-state index contributed by atoms with van der Waals surface area (Å²) in [5, 5.41) is 2.32. The fourth-order valence-corrected chi connectivity index (χ4v) is 15.3. The first-order valence-corrected chi connectivity index (χ1v) is 36.1. The van der Waals surface area contributed by atoms with Crippen LogP contribution in [0.15, 0.2) is 437 Å². The van der Waals surface area contributed by atoms with Gasteiger partial charge in [0.15, 0.2) is 0 Å². The van der Waals surface area contributed by atoms with Gasteiger partial charge in [-0.15, -0.1) is 0 Å². The molecule has 0 aliphatic heterocycles. The second kappa shape index (κ2) is 28.7. The van der Waals surface area contributed by atoms with Crippen molar-refractivity contribution >= 4 is 90.1 Å². The molecule has 502 valence electrons. The van der Waals surface area contributed by atoms with Gasteiger partial charge in [0, 0.05) is 102 Å². The van der Waals surface area contributed by atoms with Crippen molar-refractivity contribution in [2.75, 3.05) is 19.6 Å². The summed E-state index contributed by atoms with van der Waals surface area (Å²) < 4.78 is 4.94. The van der Waals surface area contributed by atoms with Crippen LogP contribution in [0, 0.1) is 0 Å². The summed E-state index contributed by atoms with van der Waals surface area (Å²) >= 11 is 0. The molecule has 0 unspecified atom stereocenters. The van der Waals surface area contributed by atoms with Crippen LogP contribution < -0.4 is 19.6 Å². The van der Waals surface area contributed by atoms with Crippen LogP contribution in [-0.2, 0) is 0 Å². The van der Waals surface area contributed by atoms with Gasteiger partial charge in [-0.25, -0.2) is 0 Å². The highest BCUT2D eigenvalue weighted by atomic mass is 15.2. The van der Waals surface area contributed by atoms with E-state index in [0.29, 0.717) is 0 Å². The molecule has 6 nitrogen and oxygen atoms in total. The van der Waals surface area contributed by atoms with E-state index >= 15 is 0 Å². The topological polar surface area (TPSA) is 22.8 Å². The third kappa shape index (κ3) is 12.3. The number of fused-ring (bicyclic) bond motifs is 2. The van der Waals surface area contributed by atoms with Crippen molar-refractivity contribution in [3.63, 3.8) is 0 Å². The van der Waals surface area contributed by atoms with Crippen LogP contribution in [0.2, 0.25) is 0 Å². The highest BCUT2D eigenvalue weighted by Crippen LogP contribution is 2.49. The van der Waals surface area contributed by atoms with Crippen molar-refractivity contribution < 1.29 is 0 Å². The first kappa shape index (κ1) is 63.9. The Morgan fingerprint density at radius 3 is 0.566 bits per heavy atom. The Kier molecular flexibility index (Phi) is 17.3. The molecule has 0 atom stereocenters. The predicted molar refractivity (Wildman–Crippen MR) is 446 cm³/mol. The van der Waals surface area contributed by atoms with Gasteiger partial charge < -0.3 is 28.7 Å². The van der Waals surface area contributed by atoms with Crippen molar-refractivity contribution in [2.24, 2.45) is 0 Å². The molecular formula is C100H72N6. The normalized spacial score (nSPS) is 11.2. The largest absolute Gasteiger partial charge is 0.311 e. The molecule has 0 bridgehead atoms. The molecule has 2 aromatic heterocycles. The quantitative estimate of drug-likeness (QED) is 0.0805. The van der Waals surface area contributed by atoms with E-state index in [9.17, 15) is 0 Å². The van der Waals surface area contributed by atoms with E-state index < -0.39 is 0 Å². The van der Waals surface area contributed by atoms with Crippen LogP contribution in [0.3, 0.4) is 0 Å². The van der Waals surface area contributed by atoms with Crippen molar-refractivity contribution in [1.29, 1.82) is 0 Å². The average molecular weight is 1360 g/mol. The molecule has 0 saturated heterocycles. The van der Waals surface area contributed by atoms with Gasteiger partial charge in [0.25, 0.3) is 0 Å². The number of benzene rings is 16. The lowest BCUT2D eigenvalue weighted by molar-refractivity contribution is 1.13. The van der Waals surface area contributed by atoms with Crippen LogP contribution in [0.5, 0.6) is 0 Å². The van der Waals surface area contributed by atoms with Crippen molar-refractivity contribution in [2.45, 2.75) is 0 Å². The molecule has 18 aromatic rings. The highest BCUT2D eigenvalue weighted by Gasteiger charge is 2.27. The monoisotopic (exact) mass is 1360 g/mol. The Balaban J connectivity index is 0.752. The number of rotatable bonds is 19. The van der Waals surface area contributed by atoms with Crippen molar-refractivity contribution in [3.8, 4) is 67.3 Å². The Morgan fingerprint density at radius 2 is 0.340 bits per heavy atom. The summed E-state index contributed by atoms with van der Waals surface area (Å²) in [6.07, 6.45) is 0. The Morgan fingerprint density at radius 1 is 0.151 bits per heavy atom. The summed E-state index contributed by atoms with van der Waals surface area (Å²) in [7, 11) is 0. The van der Waals surface area contributed by atoms with Crippen LogP contribution in [-0.4, -0.2) is 9.13 Å². The zero-order chi connectivity index (χ0) is 70.5. The third-order valence-electron chi connectivity index (χ3n) is 20.0. The molecule has 0 spiro atoms. The van der Waals surface area contributed by atoms with Gasteiger partial charge in [0.05, 0.1) is 22.4 Å². The molecule has 0 N–H and O–H groups in total. The van der Waals surface area contributed by atoms with Gasteiger partial charge in [-0.1, -0.05) is 243 Å². The zero-order valence-corrected chi connectivity index (χ0v) is 58.3. The minimum Gasteiger partial charge on any atom is -0.311 e. The van der Waals surface area contributed by atoms with E-state index in [0.717, 1.165) is 146 Å². The summed E-state index contributed by atoms with van der Waals surface area (Å²) in [6, 6.07) is 158. The number of hydrogen-bond acceptors (Lipinski definition) is 4. The Hall–Kier alpha value is -14.2. The summed E-state index contributed by atoms with van der Waals surface area (Å²) in [4.78, 5) is 9.30. The minimum absolute atomic E-state index is 1.04. The SMILES string of the molecule is c1ccc(-c2c(-c3ccccc3)n(-c3ccc(N(c4ccccc4)c4ccc(N(c5ccccc5)c5ccccc5)cc4)cc3)c3ccc(-c4ccc5c(c4)c(-c4ccccc4)c(-c4ccccc4)n5-c4ccc(N(c5ccccc5)c5ccc(N(c6ccccc6)c6ccccc6)cc5)cc4)cc23)cc1. The lowest BCUT2D eigenvalue weighted by atomic mass is 9.94. The van der Waals surface area contributed by atoms with Gasteiger partial charge in [0.1, 0.15) is 0 Å². The molecule has 2 heterocycles. The van der Waals surface area contributed by atoms with E-state index in [4.69, 9.17) is 0 Å². The highest BCUT2D eigenvalue weighted by molar-refractivity contribution is 6.10. The molecule has 0 aliphatic carbocycles. The maximum absolute atomic E-state index is 2.47. The standard InChI is InChI=1S/C100H72N6/c1-11-31-73(32-12-1)97-93-71-77(51-69-95(93)105(99(97)75-35-15-3-16-36-75)91-65-61-89(62-66-91)103(83-47-27-9-28-48-83)87-57-53-85(54-58-87)101(79-39-19-5-20-40-79)80-41-21-6-22-42-80)78-52-70-96-94(72-78)98(74-33-13-2-14-34-74)100(76-37-17-4-18-38-76)106(96)92-67-63-90(64-68-92)104(84-49-29-10-30-50-84)88-59-55-86(56-60-88)102(81-43-23-7-24-44-81)82-45-25-8-26-46-82/h1-72H. The predicted octanol–water partition coefficient (Wildman–Crippen LogP) is 27.8. The molecular weight excluding hydrogens is 1290 g/mol.